The fourth-order valence-electron chi connectivity index (χ4n) is 3.68. The summed E-state index contributed by atoms with van der Waals surface area (Å²) in [5.41, 5.74) is 1.51. The summed E-state index contributed by atoms with van der Waals surface area (Å²) in [5, 5.41) is 11.2. The van der Waals surface area contributed by atoms with E-state index < -0.39 is 10.5 Å². The topological polar surface area (TPSA) is 98.3 Å². The average Bonchev–Trinajstić information content (AvgIpc) is 2.82. The molecule has 3 aromatic carbocycles. The number of nitro groups is 1. The minimum Gasteiger partial charge on any atom is -0.333 e. The van der Waals surface area contributed by atoms with Gasteiger partial charge in [-0.25, -0.2) is 4.98 Å². The number of rotatable bonds is 6. The fraction of sp³-hybridized carbons (Fsp3) is 0.125. The Kier molecular flexibility index (Phi) is 5.76. The SMILES string of the molecule is CN(C(=O)Cn1cnc2ccc([N+](=O)[O-])cc2c1=O)C(c1ccccc1)c1ccccc1. The smallest absolute Gasteiger partial charge is 0.270 e. The monoisotopic (exact) mass is 428 g/mol. The Morgan fingerprint density at radius 1 is 1.03 bits per heavy atom. The van der Waals surface area contributed by atoms with Crippen LogP contribution in [0.25, 0.3) is 10.9 Å². The molecule has 1 amide bonds. The highest BCUT2D eigenvalue weighted by Gasteiger charge is 2.24. The third-order valence-electron chi connectivity index (χ3n) is 5.34. The van der Waals surface area contributed by atoms with Gasteiger partial charge in [0.05, 0.1) is 28.2 Å². The summed E-state index contributed by atoms with van der Waals surface area (Å²) in [6.07, 6.45) is 1.29. The lowest BCUT2D eigenvalue weighted by Gasteiger charge is -2.29. The van der Waals surface area contributed by atoms with Gasteiger partial charge in [0.15, 0.2) is 0 Å². The lowest BCUT2D eigenvalue weighted by atomic mass is 9.97. The number of nitrogens with zero attached hydrogens (tertiary/aromatic N) is 4. The van der Waals surface area contributed by atoms with Gasteiger partial charge >= 0.3 is 0 Å². The largest absolute Gasteiger partial charge is 0.333 e. The molecule has 0 spiro atoms. The molecule has 0 fully saturated rings. The molecule has 0 aliphatic rings. The van der Waals surface area contributed by atoms with Gasteiger partial charge in [-0.05, 0) is 17.2 Å². The summed E-state index contributed by atoms with van der Waals surface area (Å²) in [7, 11) is 1.69. The molecule has 0 saturated heterocycles. The second kappa shape index (κ2) is 8.81. The highest BCUT2D eigenvalue weighted by molar-refractivity contribution is 5.81. The summed E-state index contributed by atoms with van der Waals surface area (Å²) in [5.74, 6) is -0.295. The number of likely N-dealkylation sites (N-methyl/N-ethyl adjacent to an activating group) is 1. The quantitative estimate of drug-likeness (QED) is 0.345. The van der Waals surface area contributed by atoms with Gasteiger partial charge < -0.3 is 4.90 Å². The third-order valence-corrected chi connectivity index (χ3v) is 5.34. The number of benzene rings is 3. The van der Waals surface area contributed by atoms with E-state index in [1.165, 1.54) is 29.1 Å². The maximum Gasteiger partial charge on any atom is 0.270 e. The van der Waals surface area contributed by atoms with E-state index in [9.17, 15) is 19.7 Å². The molecule has 0 aliphatic heterocycles. The van der Waals surface area contributed by atoms with E-state index in [-0.39, 0.29) is 29.6 Å². The van der Waals surface area contributed by atoms with Crippen LogP contribution in [0.3, 0.4) is 0 Å². The van der Waals surface area contributed by atoms with Crippen LogP contribution in [-0.2, 0) is 11.3 Å². The molecule has 8 nitrogen and oxygen atoms in total. The van der Waals surface area contributed by atoms with E-state index in [0.29, 0.717) is 5.52 Å². The summed E-state index contributed by atoms with van der Waals surface area (Å²) >= 11 is 0. The summed E-state index contributed by atoms with van der Waals surface area (Å²) in [6, 6.07) is 22.8. The minimum absolute atomic E-state index is 0.0971. The molecule has 0 bridgehead atoms. The number of carbonyl (C=O) groups is 1. The zero-order valence-electron chi connectivity index (χ0n) is 17.3. The van der Waals surface area contributed by atoms with Crippen molar-refractivity contribution in [1.82, 2.24) is 14.5 Å². The van der Waals surface area contributed by atoms with Crippen molar-refractivity contribution >= 4 is 22.5 Å². The molecule has 0 radical (unpaired) electrons. The average molecular weight is 428 g/mol. The molecule has 1 aromatic heterocycles. The van der Waals surface area contributed by atoms with Crippen LogP contribution in [0.15, 0.2) is 90.0 Å². The maximum atomic E-state index is 13.2. The Morgan fingerprint density at radius 2 is 1.62 bits per heavy atom. The van der Waals surface area contributed by atoms with Crippen LogP contribution in [0, 0.1) is 10.1 Å². The molecule has 0 aliphatic carbocycles. The number of hydrogen-bond donors (Lipinski definition) is 0. The molecular formula is C24H20N4O4. The van der Waals surface area contributed by atoms with Gasteiger partial charge in [0, 0.05) is 19.2 Å². The molecule has 4 aromatic rings. The Morgan fingerprint density at radius 3 is 2.19 bits per heavy atom. The van der Waals surface area contributed by atoms with Crippen molar-refractivity contribution < 1.29 is 9.72 Å². The van der Waals surface area contributed by atoms with E-state index >= 15 is 0 Å². The third kappa shape index (κ3) is 4.11. The Bertz CT molecular complexity index is 1300. The van der Waals surface area contributed by atoms with E-state index in [1.54, 1.807) is 11.9 Å². The van der Waals surface area contributed by atoms with Gasteiger partial charge in [0.2, 0.25) is 5.91 Å². The van der Waals surface area contributed by atoms with Crippen molar-refractivity contribution in [2.75, 3.05) is 7.05 Å². The van der Waals surface area contributed by atoms with Crippen LogP contribution in [0.5, 0.6) is 0 Å². The van der Waals surface area contributed by atoms with Crippen LogP contribution in [0.1, 0.15) is 17.2 Å². The van der Waals surface area contributed by atoms with Crippen LogP contribution in [-0.4, -0.2) is 32.3 Å². The standard InChI is InChI=1S/C24H20N4O4/c1-26(23(17-8-4-2-5-9-17)18-10-6-3-7-11-18)22(29)15-27-16-25-21-13-12-19(28(31)32)14-20(21)24(27)30/h2-14,16,23H,15H2,1H3. The first-order chi connectivity index (χ1) is 15.5. The number of non-ortho nitro benzene ring substituents is 1. The number of aromatic nitrogens is 2. The van der Waals surface area contributed by atoms with Gasteiger partial charge in [0.1, 0.15) is 6.54 Å². The molecule has 4 rings (SSSR count). The molecule has 0 unspecified atom stereocenters. The van der Waals surface area contributed by atoms with Gasteiger partial charge in [-0.1, -0.05) is 60.7 Å². The van der Waals surface area contributed by atoms with Gasteiger partial charge in [0.25, 0.3) is 11.2 Å². The normalized spacial score (nSPS) is 10.9. The highest BCUT2D eigenvalue weighted by Crippen LogP contribution is 2.27. The number of nitro benzene ring substituents is 1. The predicted molar refractivity (Wildman–Crippen MR) is 120 cm³/mol. The van der Waals surface area contributed by atoms with Crippen LogP contribution < -0.4 is 5.56 Å². The molecule has 1 heterocycles. The molecule has 0 N–H and O–H groups in total. The van der Waals surface area contributed by atoms with Crippen LogP contribution in [0.4, 0.5) is 5.69 Å². The van der Waals surface area contributed by atoms with Crippen LogP contribution in [0.2, 0.25) is 0 Å². The van der Waals surface area contributed by atoms with E-state index in [1.807, 2.05) is 60.7 Å². The molecule has 8 heteroatoms. The number of amides is 1. The van der Waals surface area contributed by atoms with E-state index in [0.717, 1.165) is 11.1 Å². The van der Waals surface area contributed by atoms with Gasteiger partial charge in [-0.3, -0.25) is 24.3 Å². The van der Waals surface area contributed by atoms with Crippen molar-refractivity contribution in [2.45, 2.75) is 12.6 Å². The zero-order chi connectivity index (χ0) is 22.7. The van der Waals surface area contributed by atoms with Crippen LogP contribution >= 0.6 is 0 Å². The van der Waals surface area contributed by atoms with E-state index in [4.69, 9.17) is 0 Å². The van der Waals surface area contributed by atoms with Gasteiger partial charge in [-0.15, -0.1) is 0 Å². The second-order valence-corrected chi connectivity index (χ2v) is 7.36. The number of fused-ring (bicyclic) bond motifs is 1. The predicted octanol–water partition coefficient (Wildman–Crippen LogP) is 3.55. The Balaban J connectivity index is 1.67. The minimum atomic E-state index is -0.570. The second-order valence-electron chi connectivity index (χ2n) is 7.36. The number of carbonyl (C=O) groups excluding carboxylic acids is 1. The number of hydrogen-bond acceptors (Lipinski definition) is 5. The maximum absolute atomic E-state index is 13.2. The summed E-state index contributed by atoms with van der Waals surface area (Å²) in [4.78, 5) is 42.4. The Labute approximate surface area is 183 Å². The lowest BCUT2D eigenvalue weighted by Crippen LogP contribution is -2.37. The summed E-state index contributed by atoms with van der Waals surface area (Å²) in [6.45, 7) is -0.239. The Hall–Kier alpha value is -4.33. The van der Waals surface area contributed by atoms with Crippen molar-refractivity contribution in [3.63, 3.8) is 0 Å². The molecule has 32 heavy (non-hydrogen) atoms. The molecule has 0 atom stereocenters. The zero-order valence-corrected chi connectivity index (χ0v) is 17.3. The van der Waals surface area contributed by atoms with E-state index in [2.05, 4.69) is 4.98 Å². The first kappa shape index (κ1) is 20.9. The highest BCUT2D eigenvalue weighted by atomic mass is 16.6. The first-order valence-corrected chi connectivity index (χ1v) is 9.95. The molecule has 0 saturated carbocycles. The van der Waals surface area contributed by atoms with Gasteiger partial charge in [-0.2, -0.15) is 0 Å². The van der Waals surface area contributed by atoms with Crippen molar-refractivity contribution in [1.29, 1.82) is 0 Å². The molecular weight excluding hydrogens is 408 g/mol. The molecule has 160 valence electrons. The van der Waals surface area contributed by atoms with Crippen molar-refractivity contribution in [3.8, 4) is 0 Å². The summed E-state index contributed by atoms with van der Waals surface area (Å²) < 4.78 is 1.18. The fourth-order valence-corrected chi connectivity index (χ4v) is 3.68. The lowest BCUT2D eigenvalue weighted by molar-refractivity contribution is -0.384. The first-order valence-electron chi connectivity index (χ1n) is 9.95. The van der Waals surface area contributed by atoms with Crippen molar-refractivity contribution in [3.05, 3.63) is 117 Å². The van der Waals surface area contributed by atoms with Crippen molar-refractivity contribution in [2.24, 2.45) is 0 Å².